The van der Waals surface area contributed by atoms with Crippen molar-refractivity contribution in [1.29, 1.82) is 0 Å². The molecule has 0 saturated heterocycles. The fraction of sp³-hybridized carbons (Fsp3) is 0.333. The second-order valence-electron chi connectivity index (χ2n) is 3.25. The molecule has 0 heterocycles. The summed E-state index contributed by atoms with van der Waals surface area (Å²) in [6, 6.07) is 6.68. The highest BCUT2D eigenvalue weighted by Gasteiger charge is 2.09. The SMILES string of the molecule is CC/C=C(\CCl)N(C)c1ccccc1F. The van der Waals surface area contributed by atoms with Gasteiger partial charge in [0.2, 0.25) is 0 Å². The minimum atomic E-state index is -0.230. The minimum Gasteiger partial charge on any atom is -0.345 e. The van der Waals surface area contributed by atoms with Crippen LogP contribution in [0.4, 0.5) is 10.1 Å². The zero-order chi connectivity index (χ0) is 11.3. The summed E-state index contributed by atoms with van der Waals surface area (Å²) in [7, 11) is 1.82. The second-order valence-corrected chi connectivity index (χ2v) is 3.52. The van der Waals surface area contributed by atoms with Gasteiger partial charge in [-0.15, -0.1) is 11.6 Å². The molecule has 3 heteroatoms. The van der Waals surface area contributed by atoms with Crippen LogP contribution in [0.1, 0.15) is 13.3 Å². The van der Waals surface area contributed by atoms with E-state index in [9.17, 15) is 4.39 Å². The lowest BCUT2D eigenvalue weighted by atomic mass is 10.2. The second kappa shape index (κ2) is 5.76. The van der Waals surface area contributed by atoms with Crippen LogP contribution < -0.4 is 4.90 Å². The molecule has 0 amide bonds. The van der Waals surface area contributed by atoms with Crippen molar-refractivity contribution in [3.8, 4) is 0 Å². The maximum absolute atomic E-state index is 13.5. The molecule has 0 bridgehead atoms. The predicted octanol–water partition coefficient (Wildman–Crippen LogP) is 3.79. The molecule has 0 saturated carbocycles. The summed E-state index contributed by atoms with van der Waals surface area (Å²) in [6.45, 7) is 2.03. The lowest BCUT2D eigenvalue weighted by Gasteiger charge is -2.21. The van der Waals surface area contributed by atoms with Gasteiger partial charge in [0, 0.05) is 12.7 Å². The highest BCUT2D eigenvalue weighted by molar-refractivity contribution is 6.19. The first-order chi connectivity index (χ1) is 7.20. The number of alkyl halides is 1. The molecular weight excluding hydrogens is 213 g/mol. The van der Waals surface area contributed by atoms with E-state index in [1.54, 1.807) is 17.0 Å². The molecule has 0 spiro atoms. The van der Waals surface area contributed by atoms with Crippen LogP contribution in [-0.4, -0.2) is 12.9 Å². The van der Waals surface area contributed by atoms with Gasteiger partial charge in [0.1, 0.15) is 5.82 Å². The van der Waals surface area contributed by atoms with Gasteiger partial charge in [-0.05, 0) is 18.6 Å². The van der Waals surface area contributed by atoms with Gasteiger partial charge in [-0.25, -0.2) is 4.39 Å². The largest absolute Gasteiger partial charge is 0.345 e. The van der Waals surface area contributed by atoms with E-state index in [0.29, 0.717) is 11.6 Å². The van der Waals surface area contributed by atoms with Crippen LogP contribution in [0.3, 0.4) is 0 Å². The van der Waals surface area contributed by atoms with Gasteiger partial charge in [-0.1, -0.05) is 25.1 Å². The van der Waals surface area contributed by atoms with Crippen molar-refractivity contribution in [3.63, 3.8) is 0 Å². The van der Waals surface area contributed by atoms with Crippen molar-refractivity contribution in [2.75, 3.05) is 17.8 Å². The molecule has 1 rings (SSSR count). The van der Waals surface area contributed by atoms with Gasteiger partial charge < -0.3 is 4.90 Å². The number of hydrogen-bond acceptors (Lipinski definition) is 1. The van der Waals surface area contributed by atoms with E-state index in [0.717, 1.165) is 12.1 Å². The minimum absolute atomic E-state index is 0.230. The molecule has 0 N–H and O–H groups in total. The molecule has 0 radical (unpaired) electrons. The fourth-order valence-corrected chi connectivity index (χ4v) is 1.68. The fourth-order valence-electron chi connectivity index (χ4n) is 1.40. The molecule has 0 fully saturated rings. The number of allylic oxidation sites excluding steroid dienone is 2. The molecule has 0 aromatic heterocycles. The molecule has 0 aliphatic carbocycles. The Morgan fingerprint density at radius 1 is 1.47 bits per heavy atom. The van der Waals surface area contributed by atoms with E-state index in [2.05, 4.69) is 0 Å². The van der Waals surface area contributed by atoms with Crippen molar-refractivity contribution in [2.24, 2.45) is 0 Å². The van der Waals surface area contributed by atoms with Crippen LogP contribution in [0.15, 0.2) is 36.0 Å². The first-order valence-corrected chi connectivity index (χ1v) is 5.47. The van der Waals surface area contributed by atoms with E-state index in [-0.39, 0.29) is 5.82 Å². The third-order valence-electron chi connectivity index (χ3n) is 2.22. The lowest BCUT2D eigenvalue weighted by molar-refractivity contribution is 0.626. The molecular formula is C12H15ClFN. The Balaban J connectivity index is 2.98. The molecule has 15 heavy (non-hydrogen) atoms. The van der Waals surface area contributed by atoms with Crippen LogP contribution in [0.25, 0.3) is 0 Å². The molecule has 1 aromatic rings. The van der Waals surface area contributed by atoms with Crippen molar-refractivity contribution in [1.82, 2.24) is 0 Å². The first kappa shape index (κ1) is 12.1. The van der Waals surface area contributed by atoms with E-state index in [4.69, 9.17) is 11.6 Å². The molecule has 1 aromatic carbocycles. The molecule has 0 atom stereocenters. The number of halogens is 2. The molecule has 0 aliphatic heterocycles. The number of anilines is 1. The summed E-state index contributed by atoms with van der Waals surface area (Å²) >= 11 is 5.81. The van der Waals surface area contributed by atoms with Crippen LogP contribution in [0.2, 0.25) is 0 Å². The van der Waals surface area contributed by atoms with Gasteiger partial charge in [0.25, 0.3) is 0 Å². The predicted molar refractivity (Wildman–Crippen MR) is 63.9 cm³/mol. The number of rotatable bonds is 4. The summed E-state index contributed by atoms with van der Waals surface area (Å²) < 4.78 is 13.5. The Labute approximate surface area is 95.2 Å². The standard InChI is InChI=1S/C12H15ClFN/c1-3-6-10(9-13)15(2)12-8-5-4-7-11(12)14/h4-8H,3,9H2,1-2H3/b10-6+. The third kappa shape index (κ3) is 2.96. The number of hydrogen-bond donors (Lipinski definition) is 0. The van der Waals surface area contributed by atoms with Crippen LogP contribution in [0, 0.1) is 5.82 Å². The van der Waals surface area contributed by atoms with E-state index in [1.807, 2.05) is 26.1 Å². The summed E-state index contributed by atoms with van der Waals surface area (Å²) in [4.78, 5) is 1.78. The van der Waals surface area contributed by atoms with Crippen molar-refractivity contribution in [2.45, 2.75) is 13.3 Å². The highest BCUT2D eigenvalue weighted by atomic mass is 35.5. The quantitative estimate of drug-likeness (QED) is 0.708. The average molecular weight is 228 g/mol. The van der Waals surface area contributed by atoms with Crippen molar-refractivity contribution >= 4 is 17.3 Å². The highest BCUT2D eigenvalue weighted by Crippen LogP contribution is 2.21. The Kier molecular flexibility index (Phi) is 4.63. The van der Waals surface area contributed by atoms with Crippen LogP contribution in [0.5, 0.6) is 0 Å². The summed E-state index contributed by atoms with van der Waals surface area (Å²) in [5, 5.41) is 0. The maximum Gasteiger partial charge on any atom is 0.146 e. The van der Waals surface area contributed by atoms with Crippen molar-refractivity contribution < 1.29 is 4.39 Å². The van der Waals surface area contributed by atoms with Crippen molar-refractivity contribution in [3.05, 3.63) is 41.9 Å². The van der Waals surface area contributed by atoms with Gasteiger partial charge in [-0.2, -0.15) is 0 Å². The van der Waals surface area contributed by atoms with Crippen LogP contribution in [-0.2, 0) is 0 Å². The number of nitrogens with zero attached hydrogens (tertiary/aromatic N) is 1. The Bertz CT molecular complexity index is 349. The zero-order valence-electron chi connectivity index (χ0n) is 9.00. The average Bonchev–Trinajstić information content (AvgIpc) is 2.25. The van der Waals surface area contributed by atoms with E-state index >= 15 is 0 Å². The third-order valence-corrected chi connectivity index (χ3v) is 2.50. The normalized spacial score (nSPS) is 11.6. The van der Waals surface area contributed by atoms with Crippen LogP contribution >= 0.6 is 11.6 Å². The van der Waals surface area contributed by atoms with Gasteiger partial charge >= 0.3 is 0 Å². The number of para-hydroxylation sites is 1. The maximum atomic E-state index is 13.5. The monoisotopic (exact) mass is 227 g/mol. The van der Waals surface area contributed by atoms with E-state index in [1.165, 1.54) is 6.07 Å². The van der Waals surface area contributed by atoms with Gasteiger partial charge in [-0.3, -0.25) is 0 Å². The molecule has 82 valence electrons. The number of benzene rings is 1. The molecule has 0 unspecified atom stereocenters. The smallest absolute Gasteiger partial charge is 0.146 e. The van der Waals surface area contributed by atoms with Gasteiger partial charge in [0.15, 0.2) is 0 Å². The Hall–Kier alpha value is -1.02. The topological polar surface area (TPSA) is 3.24 Å². The molecule has 1 nitrogen and oxygen atoms in total. The van der Waals surface area contributed by atoms with E-state index < -0.39 is 0 Å². The lowest BCUT2D eigenvalue weighted by Crippen LogP contribution is -2.18. The summed E-state index contributed by atoms with van der Waals surface area (Å²) in [5.74, 6) is 0.158. The molecule has 0 aliphatic rings. The Morgan fingerprint density at radius 3 is 2.67 bits per heavy atom. The van der Waals surface area contributed by atoms with Gasteiger partial charge in [0.05, 0.1) is 11.6 Å². The summed E-state index contributed by atoms with van der Waals surface area (Å²) in [6.07, 6.45) is 2.89. The Morgan fingerprint density at radius 2 is 2.13 bits per heavy atom. The summed E-state index contributed by atoms with van der Waals surface area (Å²) in [5.41, 5.74) is 1.47. The first-order valence-electron chi connectivity index (χ1n) is 4.94. The zero-order valence-corrected chi connectivity index (χ0v) is 9.76.